The fourth-order valence-corrected chi connectivity index (χ4v) is 1.68. The molecule has 1 aliphatic heterocycles. The van der Waals surface area contributed by atoms with Gasteiger partial charge in [-0.2, -0.15) is 0 Å². The van der Waals surface area contributed by atoms with E-state index in [9.17, 15) is 4.79 Å². The zero-order valence-corrected chi connectivity index (χ0v) is 11.2. The fourth-order valence-electron chi connectivity index (χ4n) is 1.68. The summed E-state index contributed by atoms with van der Waals surface area (Å²) in [6.45, 7) is 9.74. The summed E-state index contributed by atoms with van der Waals surface area (Å²) in [7, 11) is 0. The van der Waals surface area contributed by atoms with E-state index in [1.807, 2.05) is 27.7 Å². The van der Waals surface area contributed by atoms with E-state index in [1.54, 1.807) is 0 Å². The number of amides is 1. The van der Waals surface area contributed by atoms with Gasteiger partial charge in [0.25, 0.3) is 0 Å². The Morgan fingerprint density at radius 2 is 2.24 bits per heavy atom. The molecule has 1 fully saturated rings. The van der Waals surface area contributed by atoms with E-state index in [2.05, 4.69) is 10.6 Å². The van der Waals surface area contributed by atoms with Gasteiger partial charge in [-0.15, -0.1) is 0 Å². The normalized spacial score (nSPS) is 22.2. The molecule has 0 aliphatic carbocycles. The van der Waals surface area contributed by atoms with Gasteiger partial charge in [0, 0.05) is 25.2 Å². The zero-order chi connectivity index (χ0) is 12.9. The van der Waals surface area contributed by atoms with Crippen molar-refractivity contribution in [3.63, 3.8) is 0 Å². The SMILES string of the molecule is CC(CNC(=O)OC(C)(C)C)NC1CCOC1. The van der Waals surface area contributed by atoms with Crippen LogP contribution in [0.3, 0.4) is 0 Å². The Bertz CT molecular complexity index is 245. The molecule has 5 nitrogen and oxygen atoms in total. The lowest BCUT2D eigenvalue weighted by Crippen LogP contribution is -2.45. The van der Waals surface area contributed by atoms with Crippen molar-refractivity contribution in [3.8, 4) is 0 Å². The van der Waals surface area contributed by atoms with Crippen LogP contribution >= 0.6 is 0 Å². The van der Waals surface area contributed by atoms with Crippen molar-refractivity contribution in [2.24, 2.45) is 0 Å². The molecular formula is C12H24N2O3. The Labute approximate surface area is 103 Å². The summed E-state index contributed by atoms with van der Waals surface area (Å²) in [5.74, 6) is 0. The van der Waals surface area contributed by atoms with E-state index in [4.69, 9.17) is 9.47 Å². The molecule has 2 unspecified atom stereocenters. The average Bonchev–Trinajstić information content (AvgIpc) is 2.64. The molecule has 2 atom stereocenters. The number of ether oxygens (including phenoxy) is 2. The van der Waals surface area contributed by atoms with Gasteiger partial charge < -0.3 is 20.1 Å². The summed E-state index contributed by atoms with van der Waals surface area (Å²) in [5, 5.41) is 6.15. The van der Waals surface area contributed by atoms with Crippen molar-refractivity contribution in [2.75, 3.05) is 19.8 Å². The third kappa shape index (κ3) is 6.48. The summed E-state index contributed by atoms with van der Waals surface area (Å²) in [4.78, 5) is 11.4. The molecule has 0 aromatic heterocycles. The number of rotatable bonds is 4. The maximum Gasteiger partial charge on any atom is 0.407 e. The smallest absolute Gasteiger partial charge is 0.407 e. The van der Waals surface area contributed by atoms with Gasteiger partial charge in [-0.3, -0.25) is 0 Å². The van der Waals surface area contributed by atoms with E-state index in [1.165, 1.54) is 0 Å². The van der Waals surface area contributed by atoms with E-state index in [-0.39, 0.29) is 12.1 Å². The molecule has 1 aliphatic rings. The van der Waals surface area contributed by atoms with Crippen LogP contribution in [0.15, 0.2) is 0 Å². The first kappa shape index (κ1) is 14.3. The van der Waals surface area contributed by atoms with Crippen LogP contribution in [-0.2, 0) is 9.47 Å². The summed E-state index contributed by atoms with van der Waals surface area (Å²) in [5.41, 5.74) is -0.444. The molecule has 2 N–H and O–H groups in total. The standard InChI is InChI=1S/C12H24N2O3/c1-9(14-10-5-6-16-8-10)7-13-11(15)17-12(2,3)4/h9-10,14H,5-8H2,1-4H3,(H,13,15). The number of carbonyl (C=O) groups is 1. The number of hydrogen-bond donors (Lipinski definition) is 2. The Balaban J connectivity index is 2.14. The number of alkyl carbamates (subject to hydrolysis) is 1. The maximum absolute atomic E-state index is 11.4. The van der Waals surface area contributed by atoms with E-state index < -0.39 is 5.60 Å². The Morgan fingerprint density at radius 3 is 2.76 bits per heavy atom. The van der Waals surface area contributed by atoms with E-state index in [0.717, 1.165) is 19.6 Å². The Kier molecular flexibility index (Phi) is 5.21. The third-order valence-corrected chi connectivity index (χ3v) is 2.40. The number of carbonyl (C=O) groups excluding carboxylic acids is 1. The molecule has 0 radical (unpaired) electrons. The Hall–Kier alpha value is -0.810. The van der Waals surface area contributed by atoms with Gasteiger partial charge in [-0.1, -0.05) is 0 Å². The monoisotopic (exact) mass is 244 g/mol. The minimum absolute atomic E-state index is 0.217. The molecule has 1 heterocycles. The third-order valence-electron chi connectivity index (χ3n) is 2.40. The van der Waals surface area contributed by atoms with Gasteiger partial charge in [-0.05, 0) is 34.1 Å². The zero-order valence-electron chi connectivity index (χ0n) is 11.2. The predicted molar refractivity (Wildman–Crippen MR) is 66.1 cm³/mol. The first-order valence-electron chi connectivity index (χ1n) is 6.17. The lowest BCUT2D eigenvalue weighted by molar-refractivity contribution is 0.0522. The molecule has 1 amide bonds. The minimum atomic E-state index is -0.444. The highest BCUT2D eigenvalue weighted by Crippen LogP contribution is 2.06. The number of hydrogen-bond acceptors (Lipinski definition) is 4. The van der Waals surface area contributed by atoms with Crippen LogP contribution in [0.5, 0.6) is 0 Å². The molecule has 0 aromatic rings. The first-order valence-corrected chi connectivity index (χ1v) is 6.17. The van der Waals surface area contributed by atoms with E-state index in [0.29, 0.717) is 12.6 Å². The van der Waals surface area contributed by atoms with Gasteiger partial charge >= 0.3 is 6.09 Å². The topological polar surface area (TPSA) is 59.6 Å². The fraction of sp³-hybridized carbons (Fsp3) is 0.917. The van der Waals surface area contributed by atoms with Crippen molar-refractivity contribution in [3.05, 3.63) is 0 Å². The largest absolute Gasteiger partial charge is 0.444 e. The highest BCUT2D eigenvalue weighted by atomic mass is 16.6. The molecule has 0 aromatic carbocycles. The highest BCUT2D eigenvalue weighted by Gasteiger charge is 2.19. The van der Waals surface area contributed by atoms with Crippen LogP contribution in [-0.4, -0.2) is 43.5 Å². The quantitative estimate of drug-likeness (QED) is 0.782. The summed E-state index contributed by atoms with van der Waals surface area (Å²) in [6, 6.07) is 0.625. The van der Waals surface area contributed by atoms with Crippen molar-refractivity contribution in [2.45, 2.75) is 51.8 Å². The summed E-state index contributed by atoms with van der Waals surface area (Å²) in [6.07, 6.45) is 0.672. The van der Waals surface area contributed by atoms with Crippen LogP contribution in [0.1, 0.15) is 34.1 Å². The number of nitrogens with one attached hydrogen (secondary N) is 2. The van der Waals surface area contributed by atoms with Gasteiger partial charge in [0.15, 0.2) is 0 Å². The highest BCUT2D eigenvalue weighted by molar-refractivity contribution is 5.67. The second-order valence-corrected chi connectivity index (χ2v) is 5.51. The van der Waals surface area contributed by atoms with Gasteiger partial charge in [0.05, 0.1) is 6.61 Å². The first-order chi connectivity index (χ1) is 7.87. The molecule has 17 heavy (non-hydrogen) atoms. The predicted octanol–water partition coefficient (Wildman–Crippen LogP) is 1.28. The van der Waals surface area contributed by atoms with Crippen molar-refractivity contribution < 1.29 is 14.3 Å². The second kappa shape index (κ2) is 6.21. The minimum Gasteiger partial charge on any atom is -0.444 e. The molecule has 0 bridgehead atoms. The van der Waals surface area contributed by atoms with Crippen LogP contribution in [0.25, 0.3) is 0 Å². The van der Waals surface area contributed by atoms with Crippen molar-refractivity contribution >= 4 is 6.09 Å². The molecule has 5 heteroatoms. The lowest BCUT2D eigenvalue weighted by atomic mass is 10.2. The molecular weight excluding hydrogens is 220 g/mol. The van der Waals surface area contributed by atoms with Crippen LogP contribution in [0, 0.1) is 0 Å². The van der Waals surface area contributed by atoms with Crippen LogP contribution in [0.2, 0.25) is 0 Å². The van der Waals surface area contributed by atoms with Crippen molar-refractivity contribution in [1.82, 2.24) is 10.6 Å². The van der Waals surface area contributed by atoms with Gasteiger partial charge in [0.2, 0.25) is 0 Å². The van der Waals surface area contributed by atoms with Crippen molar-refractivity contribution in [1.29, 1.82) is 0 Å². The van der Waals surface area contributed by atoms with Crippen LogP contribution in [0.4, 0.5) is 4.79 Å². The molecule has 100 valence electrons. The molecule has 1 saturated heterocycles. The second-order valence-electron chi connectivity index (χ2n) is 5.51. The molecule has 0 spiro atoms. The molecule has 1 rings (SSSR count). The summed E-state index contributed by atoms with van der Waals surface area (Å²) >= 11 is 0. The summed E-state index contributed by atoms with van der Waals surface area (Å²) < 4.78 is 10.4. The van der Waals surface area contributed by atoms with Gasteiger partial charge in [-0.25, -0.2) is 4.79 Å². The molecule has 0 saturated carbocycles. The lowest BCUT2D eigenvalue weighted by Gasteiger charge is -2.22. The van der Waals surface area contributed by atoms with E-state index >= 15 is 0 Å². The Morgan fingerprint density at radius 1 is 1.53 bits per heavy atom. The average molecular weight is 244 g/mol. The van der Waals surface area contributed by atoms with Crippen LogP contribution < -0.4 is 10.6 Å². The maximum atomic E-state index is 11.4. The van der Waals surface area contributed by atoms with Gasteiger partial charge in [0.1, 0.15) is 5.60 Å².